The van der Waals surface area contributed by atoms with Gasteiger partial charge in [-0.2, -0.15) is 0 Å². The summed E-state index contributed by atoms with van der Waals surface area (Å²) in [6.45, 7) is 4.77. The van der Waals surface area contributed by atoms with Crippen LogP contribution in [0, 0.1) is 5.82 Å². The van der Waals surface area contributed by atoms with Crippen molar-refractivity contribution in [1.29, 1.82) is 0 Å². The van der Waals surface area contributed by atoms with Crippen molar-refractivity contribution in [3.05, 3.63) is 34.6 Å². The van der Waals surface area contributed by atoms with Gasteiger partial charge in [-0.15, -0.1) is 0 Å². The average molecular weight is 301 g/mol. The Balaban J connectivity index is 1.75. The van der Waals surface area contributed by atoms with Gasteiger partial charge in [0.25, 0.3) is 5.91 Å². The maximum absolute atomic E-state index is 13.5. The molecule has 0 aromatic heterocycles. The molecule has 0 unspecified atom stereocenters. The van der Waals surface area contributed by atoms with E-state index in [-0.39, 0.29) is 10.6 Å². The smallest absolute Gasteiger partial charge is 0.255 e. The van der Waals surface area contributed by atoms with Gasteiger partial charge in [-0.05, 0) is 25.1 Å². The van der Waals surface area contributed by atoms with Gasteiger partial charge >= 0.3 is 0 Å². The highest BCUT2D eigenvalue weighted by atomic mass is 35.5. The predicted octanol–water partition coefficient (Wildman–Crippen LogP) is 1.93. The maximum atomic E-state index is 13.5. The molecule has 0 atom stereocenters. The van der Waals surface area contributed by atoms with Crippen molar-refractivity contribution in [2.45, 2.75) is 6.42 Å². The van der Waals surface area contributed by atoms with Crippen molar-refractivity contribution in [3.63, 3.8) is 0 Å². The number of amides is 1. The van der Waals surface area contributed by atoms with E-state index in [1.165, 1.54) is 18.2 Å². The lowest BCUT2D eigenvalue weighted by Gasteiger charge is -2.26. The van der Waals surface area contributed by atoms with Crippen LogP contribution in [0.15, 0.2) is 18.2 Å². The van der Waals surface area contributed by atoms with Crippen LogP contribution in [0.1, 0.15) is 16.8 Å². The van der Waals surface area contributed by atoms with Gasteiger partial charge in [0.1, 0.15) is 5.82 Å². The molecule has 1 aliphatic rings. The molecule has 0 radical (unpaired) electrons. The van der Waals surface area contributed by atoms with Crippen molar-refractivity contribution >= 4 is 17.5 Å². The minimum Gasteiger partial charge on any atom is -0.379 e. The van der Waals surface area contributed by atoms with E-state index in [9.17, 15) is 9.18 Å². The molecule has 4 nitrogen and oxygen atoms in total. The summed E-state index contributed by atoms with van der Waals surface area (Å²) >= 11 is 5.84. The number of halogens is 2. The van der Waals surface area contributed by atoms with Crippen molar-refractivity contribution in [2.24, 2.45) is 0 Å². The van der Waals surface area contributed by atoms with Gasteiger partial charge in [0.05, 0.1) is 23.8 Å². The average Bonchev–Trinajstić information content (AvgIpc) is 2.44. The van der Waals surface area contributed by atoms with Gasteiger partial charge in [-0.1, -0.05) is 17.7 Å². The van der Waals surface area contributed by atoms with Crippen molar-refractivity contribution in [1.82, 2.24) is 10.2 Å². The van der Waals surface area contributed by atoms with E-state index in [4.69, 9.17) is 16.3 Å². The molecule has 0 aliphatic carbocycles. The molecular formula is C14H18ClFN2O2. The number of rotatable bonds is 5. The van der Waals surface area contributed by atoms with Crippen LogP contribution in [0.25, 0.3) is 0 Å². The molecule has 1 aliphatic heterocycles. The Hall–Kier alpha value is -1.17. The number of ether oxygens (including phenoxy) is 1. The monoisotopic (exact) mass is 300 g/mol. The molecule has 110 valence electrons. The topological polar surface area (TPSA) is 41.6 Å². The largest absolute Gasteiger partial charge is 0.379 e. The normalized spacial score (nSPS) is 16.1. The minimum absolute atomic E-state index is 0.0828. The lowest BCUT2D eigenvalue weighted by atomic mass is 10.2. The summed E-state index contributed by atoms with van der Waals surface area (Å²) in [7, 11) is 0. The highest BCUT2D eigenvalue weighted by molar-refractivity contribution is 6.33. The molecule has 1 aromatic rings. The van der Waals surface area contributed by atoms with E-state index < -0.39 is 11.7 Å². The summed E-state index contributed by atoms with van der Waals surface area (Å²) in [6.07, 6.45) is 0.817. The number of hydrogen-bond acceptors (Lipinski definition) is 3. The fourth-order valence-corrected chi connectivity index (χ4v) is 2.38. The molecule has 1 fully saturated rings. The Kier molecular flexibility index (Phi) is 5.76. The molecule has 0 saturated carbocycles. The van der Waals surface area contributed by atoms with Crippen LogP contribution in [0.4, 0.5) is 4.39 Å². The highest BCUT2D eigenvalue weighted by Crippen LogP contribution is 2.18. The molecule has 1 saturated heterocycles. The number of hydrogen-bond donors (Lipinski definition) is 1. The van der Waals surface area contributed by atoms with Gasteiger partial charge in [0.2, 0.25) is 0 Å². The first-order valence-corrected chi connectivity index (χ1v) is 7.08. The molecular weight excluding hydrogens is 283 g/mol. The fraction of sp³-hybridized carbons (Fsp3) is 0.500. The minimum atomic E-state index is -0.594. The number of nitrogens with one attached hydrogen (secondary N) is 1. The van der Waals surface area contributed by atoms with E-state index in [1.807, 2.05) is 0 Å². The summed E-state index contributed by atoms with van der Waals surface area (Å²) in [5.74, 6) is -1.06. The summed E-state index contributed by atoms with van der Waals surface area (Å²) in [5, 5.41) is 2.83. The van der Waals surface area contributed by atoms with Crippen LogP contribution < -0.4 is 5.32 Å². The maximum Gasteiger partial charge on any atom is 0.255 e. The summed E-state index contributed by atoms with van der Waals surface area (Å²) in [6, 6.07) is 4.22. The molecule has 1 heterocycles. The summed E-state index contributed by atoms with van der Waals surface area (Å²) in [4.78, 5) is 14.2. The van der Waals surface area contributed by atoms with Gasteiger partial charge in [0, 0.05) is 19.6 Å². The fourth-order valence-electron chi connectivity index (χ4n) is 2.13. The lowest BCUT2D eigenvalue weighted by molar-refractivity contribution is 0.0374. The van der Waals surface area contributed by atoms with Crippen LogP contribution in [0.5, 0.6) is 0 Å². The van der Waals surface area contributed by atoms with Crippen molar-refractivity contribution in [3.8, 4) is 0 Å². The molecule has 1 aromatic carbocycles. The van der Waals surface area contributed by atoms with Gasteiger partial charge < -0.3 is 10.1 Å². The second-order valence-corrected chi connectivity index (χ2v) is 5.07. The molecule has 6 heteroatoms. The van der Waals surface area contributed by atoms with E-state index >= 15 is 0 Å². The van der Waals surface area contributed by atoms with E-state index in [1.54, 1.807) is 0 Å². The van der Waals surface area contributed by atoms with E-state index in [0.717, 1.165) is 39.3 Å². The summed E-state index contributed by atoms with van der Waals surface area (Å²) in [5.41, 5.74) is -0.0828. The Morgan fingerprint density at radius 3 is 2.85 bits per heavy atom. The second kappa shape index (κ2) is 7.57. The second-order valence-electron chi connectivity index (χ2n) is 4.66. The molecule has 20 heavy (non-hydrogen) atoms. The zero-order valence-corrected chi connectivity index (χ0v) is 12.0. The Morgan fingerprint density at radius 2 is 2.15 bits per heavy atom. The Labute approximate surface area is 122 Å². The van der Waals surface area contributed by atoms with Crippen LogP contribution in [0.2, 0.25) is 5.02 Å². The Bertz CT molecular complexity index is 444. The summed E-state index contributed by atoms with van der Waals surface area (Å²) < 4.78 is 18.8. The first-order chi connectivity index (χ1) is 9.68. The van der Waals surface area contributed by atoms with Gasteiger partial charge in [-0.25, -0.2) is 4.39 Å². The van der Waals surface area contributed by atoms with Crippen LogP contribution in [-0.4, -0.2) is 50.2 Å². The van der Waals surface area contributed by atoms with E-state index in [2.05, 4.69) is 10.2 Å². The van der Waals surface area contributed by atoms with Crippen molar-refractivity contribution in [2.75, 3.05) is 39.4 Å². The SMILES string of the molecule is O=C(NCCCN1CCOCC1)c1c(F)cccc1Cl. The molecule has 0 spiro atoms. The predicted molar refractivity (Wildman–Crippen MR) is 75.6 cm³/mol. The van der Waals surface area contributed by atoms with Gasteiger partial charge in [-0.3, -0.25) is 9.69 Å². The molecule has 0 bridgehead atoms. The molecule has 1 N–H and O–H groups in total. The first-order valence-electron chi connectivity index (χ1n) is 6.71. The highest BCUT2D eigenvalue weighted by Gasteiger charge is 2.15. The van der Waals surface area contributed by atoms with Crippen LogP contribution in [0.3, 0.4) is 0 Å². The van der Waals surface area contributed by atoms with Crippen LogP contribution in [-0.2, 0) is 4.74 Å². The third-order valence-electron chi connectivity index (χ3n) is 3.23. The number of benzene rings is 1. The van der Waals surface area contributed by atoms with Crippen LogP contribution >= 0.6 is 11.6 Å². The van der Waals surface area contributed by atoms with Crippen molar-refractivity contribution < 1.29 is 13.9 Å². The zero-order chi connectivity index (χ0) is 14.4. The zero-order valence-electron chi connectivity index (χ0n) is 11.2. The third kappa shape index (κ3) is 4.16. The number of morpholine rings is 1. The first kappa shape index (κ1) is 15.2. The third-order valence-corrected chi connectivity index (χ3v) is 3.55. The molecule has 2 rings (SSSR count). The Morgan fingerprint density at radius 1 is 1.40 bits per heavy atom. The van der Waals surface area contributed by atoms with E-state index in [0.29, 0.717) is 6.54 Å². The van der Waals surface area contributed by atoms with Gasteiger partial charge in [0.15, 0.2) is 0 Å². The lowest BCUT2D eigenvalue weighted by Crippen LogP contribution is -2.38. The number of carbonyl (C=O) groups excluding carboxylic acids is 1. The standard InChI is InChI=1S/C14H18ClFN2O2/c15-11-3-1-4-12(16)13(11)14(19)17-5-2-6-18-7-9-20-10-8-18/h1,3-4H,2,5-10H2,(H,17,19). The number of carbonyl (C=O) groups is 1. The number of nitrogens with zero attached hydrogens (tertiary/aromatic N) is 1. The quantitative estimate of drug-likeness (QED) is 0.845. The molecule has 1 amide bonds.